The monoisotopic (exact) mass is 260 g/mol. The molecule has 0 saturated heterocycles. The van der Waals surface area contributed by atoms with Crippen LogP contribution >= 0.6 is 13.5 Å². The highest BCUT2D eigenvalue weighted by atomic mass is 32.1. The van der Waals surface area contributed by atoms with Crippen LogP contribution in [-0.2, 0) is 11.2 Å². The quantitative estimate of drug-likeness (QED) is 0.530. The summed E-state index contributed by atoms with van der Waals surface area (Å²) in [6.07, 6.45) is -0.0313. The molecule has 0 fully saturated rings. The highest BCUT2D eigenvalue weighted by Gasteiger charge is 2.17. The standard InChI is InChI=1S/C9H10N2O5.H2S/c10-6(9(13)14)3-5-1-2-8(12)7(4-5)11(15)16;/h1-2,4,6,12H,3,10H2,(H,13,14);1H2/t6-;/m0./s1. The molecule has 4 N–H and O–H groups in total. The molecule has 0 heterocycles. The van der Waals surface area contributed by atoms with Gasteiger partial charge in [-0.2, -0.15) is 13.5 Å². The number of carbonyl (C=O) groups is 1. The van der Waals surface area contributed by atoms with E-state index in [-0.39, 0.29) is 19.9 Å². The first-order valence-corrected chi connectivity index (χ1v) is 4.36. The van der Waals surface area contributed by atoms with Crippen LogP contribution in [-0.4, -0.2) is 27.1 Å². The zero-order valence-corrected chi connectivity index (χ0v) is 9.66. The predicted octanol–water partition coefficient (Wildman–Crippen LogP) is 0.368. The van der Waals surface area contributed by atoms with Crippen molar-refractivity contribution in [2.45, 2.75) is 12.5 Å². The predicted molar refractivity (Wildman–Crippen MR) is 64.5 cm³/mol. The molecule has 1 aromatic carbocycles. The fraction of sp³-hybridized carbons (Fsp3) is 0.222. The van der Waals surface area contributed by atoms with Gasteiger partial charge in [0.15, 0.2) is 5.75 Å². The number of hydrogen-bond donors (Lipinski definition) is 3. The summed E-state index contributed by atoms with van der Waals surface area (Å²) in [4.78, 5) is 20.2. The van der Waals surface area contributed by atoms with Crippen LogP contribution in [0.2, 0.25) is 0 Å². The van der Waals surface area contributed by atoms with Gasteiger partial charge in [0.2, 0.25) is 0 Å². The molecule has 94 valence electrons. The molecule has 0 aromatic heterocycles. The van der Waals surface area contributed by atoms with E-state index in [0.29, 0.717) is 5.56 Å². The van der Waals surface area contributed by atoms with Crippen molar-refractivity contribution in [1.82, 2.24) is 0 Å². The summed E-state index contributed by atoms with van der Waals surface area (Å²) in [6, 6.07) is 2.52. The van der Waals surface area contributed by atoms with E-state index in [9.17, 15) is 14.9 Å². The van der Waals surface area contributed by atoms with E-state index in [1.54, 1.807) is 0 Å². The number of nitrogens with zero attached hydrogens (tertiary/aromatic N) is 1. The highest BCUT2D eigenvalue weighted by Crippen LogP contribution is 2.26. The van der Waals surface area contributed by atoms with Crippen molar-refractivity contribution in [2.75, 3.05) is 0 Å². The summed E-state index contributed by atoms with van der Waals surface area (Å²) < 4.78 is 0. The second-order valence-corrected chi connectivity index (χ2v) is 3.23. The lowest BCUT2D eigenvalue weighted by atomic mass is 10.1. The molecule has 0 saturated carbocycles. The van der Waals surface area contributed by atoms with Crippen molar-refractivity contribution in [2.24, 2.45) is 5.73 Å². The summed E-state index contributed by atoms with van der Waals surface area (Å²) >= 11 is 0. The Balaban J connectivity index is 0.00000256. The minimum absolute atomic E-state index is 0. The molecule has 0 aliphatic rings. The fourth-order valence-electron chi connectivity index (χ4n) is 1.18. The summed E-state index contributed by atoms with van der Waals surface area (Å²) in [5.41, 5.74) is 5.21. The van der Waals surface area contributed by atoms with Crippen LogP contribution in [0.25, 0.3) is 0 Å². The maximum Gasteiger partial charge on any atom is 0.320 e. The molecule has 17 heavy (non-hydrogen) atoms. The van der Waals surface area contributed by atoms with Gasteiger partial charge in [0.1, 0.15) is 6.04 Å². The van der Waals surface area contributed by atoms with E-state index in [0.717, 1.165) is 12.1 Å². The van der Waals surface area contributed by atoms with Crippen LogP contribution in [0.5, 0.6) is 5.75 Å². The smallest absolute Gasteiger partial charge is 0.320 e. The SMILES string of the molecule is N[C@@H](Cc1ccc(O)c([N+](=O)[O-])c1)C(=O)O.S. The molecule has 1 rings (SSSR count). The first kappa shape index (κ1) is 15.2. The van der Waals surface area contributed by atoms with Crippen LogP contribution in [0.15, 0.2) is 18.2 Å². The molecule has 0 spiro atoms. The maximum absolute atomic E-state index is 10.5. The molecule has 8 heteroatoms. The van der Waals surface area contributed by atoms with Crippen molar-refractivity contribution in [3.05, 3.63) is 33.9 Å². The van der Waals surface area contributed by atoms with Crippen LogP contribution in [0.3, 0.4) is 0 Å². The molecule has 0 unspecified atom stereocenters. The zero-order chi connectivity index (χ0) is 12.3. The van der Waals surface area contributed by atoms with E-state index in [1.807, 2.05) is 0 Å². The van der Waals surface area contributed by atoms with Crippen molar-refractivity contribution in [3.8, 4) is 5.75 Å². The Labute approximate surface area is 103 Å². The number of benzene rings is 1. The number of nitro benzene ring substituents is 1. The van der Waals surface area contributed by atoms with E-state index >= 15 is 0 Å². The van der Waals surface area contributed by atoms with Crippen molar-refractivity contribution < 1.29 is 19.9 Å². The molecular weight excluding hydrogens is 248 g/mol. The number of rotatable bonds is 4. The van der Waals surface area contributed by atoms with Gasteiger partial charge >= 0.3 is 11.7 Å². The number of nitrogens with two attached hydrogens (primary N) is 1. The Morgan fingerprint density at radius 1 is 1.53 bits per heavy atom. The Hall–Kier alpha value is -1.80. The lowest BCUT2D eigenvalue weighted by Crippen LogP contribution is -2.32. The second kappa shape index (κ2) is 6.06. The Morgan fingerprint density at radius 3 is 2.59 bits per heavy atom. The van der Waals surface area contributed by atoms with Gasteiger partial charge in [0.05, 0.1) is 4.92 Å². The average Bonchev–Trinajstić information content (AvgIpc) is 2.20. The van der Waals surface area contributed by atoms with Crippen LogP contribution in [0.4, 0.5) is 5.69 Å². The van der Waals surface area contributed by atoms with Crippen LogP contribution in [0, 0.1) is 10.1 Å². The Morgan fingerprint density at radius 2 is 2.12 bits per heavy atom. The van der Waals surface area contributed by atoms with Gasteiger partial charge in [-0.25, -0.2) is 0 Å². The molecule has 0 aliphatic carbocycles. The normalized spacial score (nSPS) is 11.4. The van der Waals surface area contributed by atoms with Crippen LogP contribution < -0.4 is 5.73 Å². The topological polar surface area (TPSA) is 127 Å². The zero-order valence-electron chi connectivity index (χ0n) is 8.66. The third-order valence-corrected chi connectivity index (χ3v) is 2.01. The number of aliphatic carboxylic acids is 1. The Bertz CT molecular complexity index is 437. The maximum atomic E-state index is 10.5. The van der Waals surface area contributed by atoms with Crippen molar-refractivity contribution >= 4 is 25.2 Å². The number of carboxylic acid groups (broad SMARTS) is 1. The molecular formula is C9H12N2O5S. The second-order valence-electron chi connectivity index (χ2n) is 3.23. The van der Waals surface area contributed by atoms with E-state index < -0.39 is 28.4 Å². The average molecular weight is 260 g/mol. The van der Waals surface area contributed by atoms with Gasteiger partial charge in [-0.3, -0.25) is 14.9 Å². The van der Waals surface area contributed by atoms with Gasteiger partial charge in [0.25, 0.3) is 0 Å². The van der Waals surface area contributed by atoms with Gasteiger partial charge in [-0.15, -0.1) is 0 Å². The van der Waals surface area contributed by atoms with Gasteiger partial charge in [-0.1, -0.05) is 6.07 Å². The molecule has 0 aliphatic heterocycles. The number of carboxylic acids is 1. The minimum Gasteiger partial charge on any atom is -0.502 e. The van der Waals surface area contributed by atoms with E-state index in [1.165, 1.54) is 6.07 Å². The third-order valence-electron chi connectivity index (χ3n) is 2.01. The number of phenols is 1. The minimum atomic E-state index is -1.18. The first-order chi connectivity index (χ1) is 7.41. The van der Waals surface area contributed by atoms with Gasteiger partial charge < -0.3 is 15.9 Å². The molecule has 0 amide bonds. The van der Waals surface area contributed by atoms with Gasteiger partial charge in [0, 0.05) is 6.07 Å². The Kier molecular flexibility index (Phi) is 5.42. The summed E-state index contributed by atoms with van der Waals surface area (Å²) in [7, 11) is 0. The number of aromatic hydroxyl groups is 1. The number of phenolic OH excluding ortho intramolecular Hbond substituents is 1. The number of hydrogen-bond acceptors (Lipinski definition) is 5. The summed E-state index contributed by atoms with van der Waals surface area (Å²) in [6.45, 7) is 0. The fourth-order valence-corrected chi connectivity index (χ4v) is 1.18. The van der Waals surface area contributed by atoms with Crippen molar-refractivity contribution in [1.29, 1.82) is 0 Å². The van der Waals surface area contributed by atoms with Crippen molar-refractivity contribution in [3.63, 3.8) is 0 Å². The van der Waals surface area contributed by atoms with Crippen LogP contribution in [0.1, 0.15) is 5.56 Å². The first-order valence-electron chi connectivity index (χ1n) is 4.36. The molecule has 0 bridgehead atoms. The third kappa shape index (κ3) is 3.93. The molecule has 0 radical (unpaired) electrons. The van der Waals surface area contributed by atoms with E-state index in [4.69, 9.17) is 15.9 Å². The summed E-state index contributed by atoms with van der Waals surface area (Å²) in [5.74, 6) is -1.65. The number of nitro groups is 1. The highest BCUT2D eigenvalue weighted by molar-refractivity contribution is 7.59. The van der Waals surface area contributed by atoms with Gasteiger partial charge in [-0.05, 0) is 18.1 Å². The lowest BCUT2D eigenvalue weighted by molar-refractivity contribution is -0.385. The van der Waals surface area contributed by atoms with E-state index in [2.05, 4.69) is 0 Å². The summed E-state index contributed by atoms with van der Waals surface area (Å²) in [5, 5.41) is 28.2. The lowest BCUT2D eigenvalue weighted by Gasteiger charge is -2.06. The largest absolute Gasteiger partial charge is 0.502 e. The molecule has 7 nitrogen and oxygen atoms in total. The molecule has 1 aromatic rings. The molecule has 1 atom stereocenters.